The van der Waals surface area contributed by atoms with Gasteiger partial charge in [0, 0.05) is 22.9 Å². The molecule has 1 aromatic rings. The molecule has 11 heavy (non-hydrogen) atoms. The molecule has 0 bridgehead atoms. The molecule has 1 rings (SSSR count). The van der Waals surface area contributed by atoms with Crippen LogP contribution in [-0.4, -0.2) is 4.98 Å². The highest BCUT2D eigenvalue weighted by Gasteiger charge is 2.05. The molecule has 1 heterocycles. The minimum atomic E-state index is 0.146. The number of hydrogen-bond acceptors (Lipinski definition) is 3. The zero-order valence-electron chi connectivity index (χ0n) is 6.21. The Morgan fingerprint density at radius 3 is 3.00 bits per heavy atom. The van der Waals surface area contributed by atoms with Crippen LogP contribution in [0.4, 0.5) is 0 Å². The van der Waals surface area contributed by atoms with Crippen LogP contribution >= 0.6 is 15.9 Å². The molecular weight excluding hydrogens is 206 g/mol. The summed E-state index contributed by atoms with van der Waals surface area (Å²) in [4.78, 5) is 3.95. The largest absolute Gasteiger partial charge is 0.271 e. The van der Waals surface area contributed by atoms with Crippen molar-refractivity contribution in [2.45, 2.75) is 13.0 Å². The molecule has 4 heteroatoms. The van der Waals surface area contributed by atoms with Crippen molar-refractivity contribution in [3.05, 3.63) is 28.5 Å². The van der Waals surface area contributed by atoms with Crippen LogP contribution in [0.2, 0.25) is 0 Å². The topological polar surface area (TPSA) is 50.9 Å². The molecule has 0 aliphatic rings. The molecule has 3 nitrogen and oxygen atoms in total. The molecule has 3 N–H and O–H groups in total. The molecule has 60 valence electrons. The fourth-order valence-electron chi connectivity index (χ4n) is 0.827. The van der Waals surface area contributed by atoms with Crippen LogP contribution in [0.25, 0.3) is 0 Å². The van der Waals surface area contributed by atoms with E-state index in [1.165, 1.54) is 0 Å². The van der Waals surface area contributed by atoms with Gasteiger partial charge in [0.25, 0.3) is 0 Å². The summed E-state index contributed by atoms with van der Waals surface area (Å²) in [6, 6.07) is 2.07. The van der Waals surface area contributed by atoms with Crippen molar-refractivity contribution in [1.82, 2.24) is 10.4 Å². The van der Waals surface area contributed by atoms with Crippen LogP contribution in [-0.2, 0) is 0 Å². The Kier molecular flexibility index (Phi) is 2.99. The van der Waals surface area contributed by atoms with Gasteiger partial charge < -0.3 is 0 Å². The monoisotopic (exact) mass is 215 g/mol. The van der Waals surface area contributed by atoms with Gasteiger partial charge in [-0.05, 0) is 34.5 Å². The number of aromatic nitrogens is 1. The van der Waals surface area contributed by atoms with Crippen LogP contribution in [0.1, 0.15) is 18.5 Å². The summed E-state index contributed by atoms with van der Waals surface area (Å²) >= 11 is 3.38. The normalized spacial score (nSPS) is 13.0. The fraction of sp³-hybridized carbons (Fsp3) is 0.286. The number of rotatable bonds is 2. The lowest BCUT2D eigenvalue weighted by Crippen LogP contribution is -2.25. The first-order valence-corrected chi connectivity index (χ1v) is 4.10. The van der Waals surface area contributed by atoms with E-state index < -0.39 is 0 Å². The van der Waals surface area contributed by atoms with Crippen molar-refractivity contribution >= 4 is 15.9 Å². The maximum absolute atomic E-state index is 5.28. The highest BCUT2D eigenvalue weighted by atomic mass is 79.9. The zero-order chi connectivity index (χ0) is 8.27. The second-order valence-corrected chi connectivity index (χ2v) is 3.14. The van der Waals surface area contributed by atoms with Crippen LogP contribution in [0.5, 0.6) is 0 Å². The smallest absolute Gasteiger partial charge is 0.0444 e. The Morgan fingerprint density at radius 2 is 2.45 bits per heavy atom. The van der Waals surface area contributed by atoms with Gasteiger partial charge in [-0.2, -0.15) is 0 Å². The number of hydrogen-bond donors (Lipinski definition) is 2. The maximum atomic E-state index is 5.28. The van der Waals surface area contributed by atoms with Crippen LogP contribution in [0, 0.1) is 0 Å². The molecule has 0 aromatic carbocycles. The average Bonchev–Trinajstić information content (AvgIpc) is 2.04. The molecule has 0 aliphatic heterocycles. The summed E-state index contributed by atoms with van der Waals surface area (Å²) < 4.78 is 0.977. The standard InChI is InChI=1S/C7H10BrN3/c1-5(11-9)6-2-3-10-4-7(6)8/h2-5,11H,9H2,1H3. The van der Waals surface area contributed by atoms with E-state index in [-0.39, 0.29) is 6.04 Å². The number of nitrogens with one attached hydrogen (secondary N) is 1. The number of nitrogens with zero attached hydrogens (tertiary/aromatic N) is 1. The lowest BCUT2D eigenvalue weighted by Gasteiger charge is -2.10. The van der Waals surface area contributed by atoms with Gasteiger partial charge in [0.05, 0.1) is 0 Å². The Bertz CT molecular complexity index is 239. The Balaban J connectivity index is 2.93. The van der Waals surface area contributed by atoms with Gasteiger partial charge in [-0.25, -0.2) is 0 Å². The van der Waals surface area contributed by atoms with Crippen LogP contribution in [0.15, 0.2) is 22.9 Å². The summed E-state index contributed by atoms with van der Waals surface area (Å²) in [5.41, 5.74) is 3.78. The van der Waals surface area contributed by atoms with Gasteiger partial charge in [0.1, 0.15) is 0 Å². The molecule has 0 amide bonds. The SMILES string of the molecule is CC(NN)c1ccncc1Br. The fourth-order valence-corrected chi connectivity index (χ4v) is 1.42. The van der Waals surface area contributed by atoms with Gasteiger partial charge >= 0.3 is 0 Å². The third-order valence-electron chi connectivity index (χ3n) is 1.52. The quantitative estimate of drug-likeness (QED) is 0.579. The molecule has 0 radical (unpaired) electrons. The number of nitrogens with two attached hydrogens (primary N) is 1. The molecule has 1 aromatic heterocycles. The van der Waals surface area contributed by atoms with E-state index in [4.69, 9.17) is 5.84 Å². The predicted molar refractivity (Wildman–Crippen MR) is 47.7 cm³/mol. The van der Waals surface area contributed by atoms with Gasteiger partial charge in [0.15, 0.2) is 0 Å². The summed E-state index contributed by atoms with van der Waals surface area (Å²) in [5.74, 6) is 5.28. The van der Waals surface area contributed by atoms with Gasteiger partial charge in [0.2, 0.25) is 0 Å². The molecule has 0 saturated carbocycles. The Morgan fingerprint density at radius 1 is 1.73 bits per heavy atom. The number of pyridine rings is 1. The van der Waals surface area contributed by atoms with Crippen LogP contribution < -0.4 is 11.3 Å². The Hall–Kier alpha value is -0.450. The average molecular weight is 216 g/mol. The maximum Gasteiger partial charge on any atom is 0.0444 e. The first-order chi connectivity index (χ1) is 5.25. The van der Waals surface area contributed by atoms with E-state index in [2.05, 4.69) is 26.3 Å². The lowest BCUT2D eigenvalue weighted by molar-refractivity contribution is 0.599. The van der Waals surface area contributed by atoms with E-state index in [0.29, 0.717) is 0 Å². The summed E-state index contributed by atoms with van der Waals surface area (Å²) in [6.07, 6.45) is 3.50. The van der Waals surface area contributed by atoms with Crippen molar-refractivity contribution in [2.24, 2.45) is 5.84 Å². The predicted octanol–water partition coefficient (Wildman–Crippen LogP) is 1.37. The second kappa shape index (κ2) is 3.80. The highest BCUT2D eigenvalue weighted by Crippen LogP contribution is 2.20. The van der Waals surface area contributed by atoms with Crippen molar-refractivity contribution in [1.29, 1.82) is 0 Å². The molecule has 1 unspecified atom stereocenters. The third kappa shape index (κ3) is 1.99. The van der Waals surface area contributed by atoms with Gasteiger partial charge in [-0.15, -0.1) is 0 Å². The second-order valence-electron chi connectivity index (χ2n) is 2.29. The third-order valence-corrected chi connectivity index (χ3v) is 2.18. The van der Waals surface area contributed by atoms with Crippen molar-refractivity contribution in [3.8, 4) is 0 Å². The molecule has 0 fully saturated rings. The van der Waals surface area contributed by atoms with E-state index in [1.807, 2.05) is 13.0 Å². The Labute approximate surface area is 74.1 Å². The number of hydrazine groups is 1. The zero-order valence-corrected chi connectivity index (χ0v) is 7.80. The van der Waals surface area contributed by atoms with E-state index >= 15 is 0 Å². The molecule has 0 aliphatic carbocycles. The molecule has 0 spiro atoms. The summed E-state index contributed by atoms with van der Waals surface area (Å²) in [6.45, 7) is 1.99. The molecular formula is C7H10BrN3. The molecule has 1 atom stereocenters. The van der Waals surface area contributed by atoms with Crippen molar-refractivity contribution in [2.75, 3.05) is 0 Å². The van der Waals surface area contributed by atoms with E-state index in [9.17, 15) is 0 Å². The van der Waals surface area contributed by atoms with Crippen molar-refractivity contribution < 1.29 is 0 Å². The van der Waals surface area contributed by atoms with E-state index in [1.54, 1.807) is 12.4 Å². The summed E-state index contributed by atoms with van der Waals surface area (Å²) in [5, 5.41) is 0. The van der Waals surface area contributed by atoms with Crippen LogP contribution in [0.3, 0.4) is 0 Å². The minimum Gasteiger partial charge on any atom is -0.271 e. The molecule has 0 saturated heterocycles. The van der Waals surface area contributed by atoms with E-state index in [0.717, 1.165) is 10.0 Å². The summed E-state index contributed by atoms with van der Waals surface area (Å²) in [7, 11) is 0. The van der Waals surface area contributed by atoms with Gasteiger partial charge in [-0.3, -0.25) is 16.3 Å². The van der Waals surface area contributed by atoms with Gasteiger partial charge in [-0.1, -0.05) is 0 Å². The minimum absolute atomic E-state index is 0.146. The highest BCUT2D eigenvalue weighted by molar-refractivity contribution is 9.10. The first kappa shape index (κ1) is 8.64. The number of halogens is 1. The van der Waals surface area contributed by atoms with Crippen molar-refractivity contribution in [3.63, 3.8) is 0 Å². The lowest BCUT2D eigenvalue weighted by atomic mass is 10.1. The first-order valence-electron chi connectivity index (χ1n) is 3.31.